The number of hydrogen-bond donors (Lipinski definition) is 0. The number of benzene rings is 2. The van der Waals surface area contributed by atoms with Gasteiger partial charge in [-0.05, 0) is 16.7 Å². The Bertz CT molecular complexity index is 797. The molecule has 0 N–H and O–H groups in total. The molecule has 113 valence electrons. The zero-order valence-electron chi connectivity index (χ0n) is 13.0. The molecule has 0 amide bonds. The van der Waals surface area contributed by atoms with E-state index >= 15 is 0 Å². The van der Waals surface area contributed by atoms with Crippen molar-refractivity contribution in [3.05, 3.63) is 100 Å². The maximum absolute atomic E-state index is 5.63. The van der Waals surface area contributed by atoms with E-state index in [2.05, 4.69) is 54.6 Å². The number of rotatable bonds is 4. The lowest BCUT2D eigenvalue weighted by Gasteiger charge is -2.10. The number of aromatic nitrogens is 1. The fourth-order valence-corrected chi connectivity index (χ4v) is 3.04. The van der Waals surface area contributed by atoms with E-state index in [4.69, 9.17) is 9.72 Å². The summed E-state index contributed by atoms with van der Waals surface area (Å²) >= 11 is 0. The van der Waals surface area contributed by atoms with Gasteiger partial charge in [-0.25, -0.2) is 0 Å². The zero-order chi connectivity index (χ0) is 15.5. The Morgan fingerprint density at radius 3 is 2.17 bits per heavy atom. The first kappa shape index (κ1) is 14.2. The van der Waals surface area contributed by atoms with Gasteiger partial charge in [0.05, 0.1) is 24.6 Å². The lowest BCUT2D eigenvalue weighted by atomic mass is 10.00. The summed E-state index contributed by atoms with van der Waals surface area (Å²) in [7, 11) is 0. The van der Waals surface area contributed by atoms with E-state index in [9.17, 15) is 0 Å². The van der Waals surface area contributed by atoms with Gasteiger partial charge in [0.25, 0.3) is 0 Å². The standard InChI is InChI=1S/C21H18NO/c1-3-7-16(8-4-1)11-19-13-18-14-23-15-20(18)21(22-19)12-17-9-5-2-6-10-17/h1-10H,11-12,14-15H2. The predicted molar refractivity (Wildman–Crippen MR) is 90.1 cm³/mol. The minimum absolute atomic E-state index is 0.654. The second-order valence-electron chi connectivity index (χ2n) is 5.90. The van der Waals surface area contributed by atoms with Gasteiger partial charge in [-0.2, -0.15) is 0 Å². The highest BCUT2D eigenvalue weighted by molar-refractivity contribution is 5.37. The molecule has 2 nitrogen and oxygen atoms in total. The predicted octanol–water partition coefficient (Wildman–Crippen LogP) is 4.09. The van der Waals surface area contributed by atoms with E-state index in [-0.39, 0.29) is 0 Å². The van der Waals surface area contributed by atoms with Crippen molar-refractivity contribution < 1.29 is 4.74 Å². The fraction of sp³-hybridized carbons (Fsp3) is 0.190. The van der Waals surface area contributed by atoms with Gasteiger partial charge in [0.1, 0.15) is 0 Å². The summed E-state index contributed by atoms with van der Waals surface area (Å²) in [4.78, 5) is 4.90. The highest BCUT2D eigenvalue weighted by Crippen LogP contribution is 2.25. The van der Waals surface area contributed by atoms with Crippen LogP contribution >= 0.6 is 0 Å². The van der Waals surface area contributed by atoms with Crippen molar-refractivity contribution in [2.24, 2.45) is 0 Å². The highest BCUT2D eigenvalue weighted by atomic mass is 16.5. The van der Waals surface area contributed by atoms with Crippen LogP contribution in [-0.4, -0.2) is 4.98 Å². The monoisotopic (exact) mass is 300 g/mol. The summed E-state index contributed by atoms with van der Waals surface area (Å²) in [5.41, 5.74) is 7.09. The molecule has 2 heterocycles. The van der Waals surface area contributed by atoms with E-state index in [1.54, 1.807) is 0 Å². The van der Waals surface area contributed by atoms with Crippen LogP contribution in [0.4, 0.5) is 0 Å². The summed E-state index contributed by atoms with van der Waals surface area (Å²) < 4.78 is 5.63. The summed E-state index contributed by atoms with van der Waals surface area (Å²) in [5.74, 6) is 0. The Morgan fingerprint density at radius 1 is 0.826 bits per heavy atom. The molecule has 0 unspecified atom stereocenters. The topological polar surface area (TPSA) is 22.1 Å². The third-order valence-corrected chi connectivity index (χ3v) is 4.20. The molecule has 0 bridgehead atoms. The Hall–Kier alpha value is -2.45. The van der Waals surface area contributed by atoms with Crippen LogP contribution in [-0.2, 0) is 30.8 Å². The molecule has 23 heavy (non-hydrogen) atoms. The normalized spacial score (nSPS) is 13.0. The number of fused-ring (bicyclic) bond motifs is 1. The third kappa shape index (κ3) is 3.17. The van der Waals surface area contributed by atoms with Crippen LogP contribution in [0.15, 0.2) is 60.7 Å². The first-order valence-electron chi connectivity index (χ1n) is 7.97. The second-order valence-corrected chi connectivity index (χ2v) is 5.90. The largest absolute Gasteiger partial charge is 0.372 e. The Balaban J connectivity index is 1.68. The Morgan fingerprint density at radius 2 is 1.48 bits per heavy atom. The SMILES string of the molecule is [c]1c(Cc2ccccc2)nc(Cc2ccccc2)c2c1COC2. The van der Waals surface area contributed by atoms with Gasteiger partial charge >= 0.3 is 0 Å². The van der Waals surface area contributed by atoms with Crippen molar-refractivity contribution in [1.82, 2.24) is 4.98 Å². The Kier molecular flexibility index (Phi) is 3.91. The van der Waals surface area contributed by atoms with Gasteiger partial charge in [-0.1, -0.05) is 60.7 Å². The van der Waals surface area contributed by atoms with E-state index in [0.29, 0.717) is 13.2 Å². The maximum atomic E-state index is 5.63. The van der Waals surface area contributed by atoms with E-state index in [1.165, 1.54) is 22.3 Å². The van der Waals surface area contributed by atoms with Crippen molar-refractivity contribution in [2.45, 2.75) is 26.1 Å². The molecule has 0 aliphatic carbocycles. The average Bonchev–Trinajstić information content (AvgIpc) is 3.05. The molecule has 1 aliphatic rings. The van der Waals surface area contributed by atoms with Gasteiger partial charge in [0, 0.05) is 24.5 Å². The van der Waals surface area contributed by atoms with E-state index in [0.717, 1.165) is 24.2 Å². The van der Waals surface area contributed by atoms with Crippen molar-refractivity contribution >= 4 is 0 Å². The van der Waals surface area contributed by atoms with Gasteiger partial charge in [0.15, 0.2) is 0 Å². The third-order valence-electron chi connectivity index (χ3n) is 4.20. The summed E-state index contributed by atoms with van der Waals surface area (Å²) in [5, 5.41) is 0. The molecule has 0 saturated heterocycles. The molecule has 2 heteroatoms. The van der Waals surface area contributed by atoms with Gasteiger partial charge in [-0.3, -0.25) is 4.98 Å². The first-order valence-corrected chi connectivity index (χ1v) is 7.97. The first-order chi connectivity index (χ1) is 11.4. The van der Waals surface area contributed by atoms with Crippen LogP contribution in [0, 0.1) is 6.07 Å². The molecular weight excluding hydrogens is 282 g/mol. The average molecular weight is 300 g/mol. The molecule has 0 atom stereocenters. The molecule has 1 aromatic heterocycles. The van der Waals surface area contributed by atoms with Crippen molar-refractivity contribution in [3.8, 4) is 0 Å². The number of hydrogen-bond acceptors (Lipinski definition) is 2. The lowest BCUT2D eigenvalue weighted by molar-refractivity contribution is 0.134. The summed E-state index contributed by atoms with van der Waals surface area (Å²) in [6.45, 7) is 1.31. The van der Waals surface area contributed by atoms with Crippen molar-refractivity contribution in [3.63, 3.8) is 0 Å². The maximum Gasteiger partial charge on any atom is 0.0743 e. The zero-order valence-corrected chi connectivity index (χ0v) is 13.0. The van der Waals surface area contributed by atoms with Gasteiger partial charge in [0.2, 0.25) is 0 Å². The molecule has 0 spiro atoms. The van der Waals surface area contributed by atoms with Crippen LogP contribution < -0.4 is 0 Å². The molecule has 2 aromatic carbocycles. The van der Waals surface area contributed by atoms with Crippen LogP contribution in [0.3, 0.4) is 0 Å². The molecular formula is C21H18NO. The van der Waals surface area contributed by atoms with Crippen LogP contribution in [0.2, 0.25) is 0 Å². The summed E-state index contributed by atoms with van der Waals surface area (Å²) in [6.07, 6.45) is 1.67. The molecule has 1 aliphatic heterocycles. The van der Waals surface area contributed by atoms with Gasteiger partial charge in [-0.15, -0.1) is 0 Å². The molecule has 3 aromatic rings. The number of pyridine rings is 1. The van der Waals surface area contributed by atoms with Crippen molar-refractivity contribution in [1.29, 1.82) is 0 Å². The molecule has 1 radical (unpaired) electrons. The minimum Gasteiger partial charge on any atom is -0.372 e. The molecule has 0 fully saturated rings. The van der Waals surface area contributed by atoms with E-state index < -0.39 is 0 Å². The Labute approximate surface area is 136 Å². The smallest absolute Gasteiger partial charge is 0.0743 e. The molecule has 0 saturated carbocycles. The van der Waals surface area contributed by atoms with Crippen LogP contribution in [0.25, 0.3) is 0 Å². The van der Waals surface area contributed by atoms with Crippen LogP contribution in [0.1, 0.15) is 33.6 Å². The highest BCUT2D eigenvalue weighted by Gasteiger charge is 2.19. The van der Waals surface area contributed by atoms with E-state index in [1.807, 2.05) is 12.1 Å². The minimum atomic E-state index is 0.654. The summed E-state index contributed by atoms with van der Waals surface area (Å²) in [6, 6.07) is 24.4. The molecule has 4 rings (SSSR count). The second kappa shape index (κ2) is 6.35. The fourth-order valence-electron chi connectivity index (χ4n) is 3.04. The lowest BCUT2D eigenvalue weighted by Crippen LogP contribution is -2.04. The number of nitrogens with zero attached hydrogens (tertiary/aromatic N) is 1. The van der Waals surface area contributed by atoms with Gasteiger partial charge < -0.3 is 4.74 Å². The number of ether oxygens (including phenoxy) is 1. The quantitative estimate of drug-likeness (QED) is 0.724. The van der Waals surface area contributed by atoms with Crippen molar-refractivity contribution in [2.75, 3.05) is 0 Å². The van der Waals surface area contributed by atoms with Crippen LogP contribution in [0.5, 0.6) is 0 Å².